The molecule has 12 heavy (non-hydrogen) atoms. The van der Waals surface area contributed by atoms with Gasteiger partial charge in [-0.05, 0) is 16.7 Å². The molecule has 1 aromatic rings. The van der Waals surface area contributed by atoms with Crippen molar-refractivity contribution in [2.45, 2.75) is 4.90 Å². The van der Waals surface area contributed by atoms with E-state index in [1.54, 1.807) is 0 Å². The second-order valence-corrected chi connectivity index (χ2v) is 3.83. The normalized spacial score (nSPS) is 11.5. The molecule has 0 aliphatic heterocycles. The van der Waals surface area contributed by atoms with E-state index in [-0.39, 0.29) is 9.92 Å². The third-order valence-electron chi connectivity index (χ3n) is 1.19. The summed E-state index contributed by atoms with van der Waals surface area (Å²) >= 11 is 5.46. The molecule has 0 spiro atoms. The molecule has 6 heteroatoms. The first-order valence-electron chi connectivity index (χ1n) is 2.87. The smallest absolute Gasteiger partial charge is 0.191 e. The van der Waals surface area contributed by atoms with Gasteiger partial charge >= 0.3 is 10.1 Å². The van der Waals surface area contributed by atoms with E-state index in [2.05, 4.69) is 4.39 Å². The maximum Gasteiger partial charge on any atom is 0.328 e. The van der Waals surface area contributed by atoms with Crippen molar-refractivity contribution in [1.82, 2.24) is 0 Å². The summed E-state index contributed by atoms with van der Waals surface area (Å²) in [7, 11) is -4.33. The van der Waals surface area contributed by atoms with Crippen molar-refractivity contribution < 1.29 is 17.3 Å². The maximum atomic E-state index is 11.5. The van der Waals surface area contributed by atoms with Crippen LogP contribution in [0, 0.1) is 0 Å². The molecule has 0 unspecified atom stereocenters. The van der Waals surface area contributed by atoms with Crippen LogP contribution in [0.25, 0.3) is 0 Å². The Morgan fingerprint density at radius 1 is 1.33 bits per heavy atom. The van der Waals surface area contributed by atoms with Crippen LogP contribution < -0.4 is 0 Å². The second-order valence-electron chi connectivity index (χ2n) is 1.95. The maximum absolute atomic E-state index is 11.5. The Bertz CT molecular complexity index is 376. The van der Waals surface area contributed by atoms with Crippen LogP contribution in [0.15, 0.2) is 29.2 Å². The standard InChI is InChI=1S/C6H4ClFO3S/c7-5-3-1-2-4-6(5)12(9,10)11-8/h1-4H. The SMILES string of the molecule is O=S(=O)(OF)c1ccccc1Cl. The van der Waals surface area contributed by atoms with E-state index in [4.69, 9.17) is 11.6 Å². The van der Waals surface area contributed by atoms with Crippen molar-refractivity contribution in [2.24, 2.45) is 0 Å². The van der Waals surface area contributed by atoms with Gasteiger partial charge in [-0.15, -0.1) is 0 Å². The van der Waals surface area contributed by atoms with Crippen LogP contribution in [-0.2, 0) is 14.5 Å². The predicted molar refractivity (Wildman–Crippen MR) is 40.8 cm³/mol. The molecular formula is C6H4ClFO3S. The van der Waals surface area contributed by atoms with Crippen LogP contribution in [0.1, 0.15) is 0 Å². The molecule has 0 saturated carbocycles. The van der Waals surface area contributed by atoms with Crippen molar-refractivity contribution in [3.63, 3.8) is 0 Å². The van der Waals surface area contributed by atoms with Crippen LogP contribution in [0.5, 0.6) is 0 Å². The summed E-state index contributed by atoms with van der Waals surface area (Å²) in [6.07, 6.45) is 0. The number of hydrogen-bond acceptors (Lipinski definition) is 3. The van der Waals surface area contributed by atoms with Gasteiger partial charge in [0, 0.05) is 0 Å². The average Bonchev–Trinajstić information content (AvgIpc) is 2.05. The van der Waals surface area contributed by atoms with Gasteiger partial charge in [0.1, 0.15) is 4.90 Å². The van der Waals surface area contributed by atoms with Crippen LogP contribution in [0.4, 0.5) is 4.53 Å². The molecule has 1 rings (SSSR count). The predicted octanol–water partition coefficient (Wildman–Crippen LogP) is 1.93. The van der Waals surface area contributed by atoms with Crippen molar-refractivity contribution >= 4 is 21.7 Å². The van der Waals surface area contributed by atoms with Gasteiger partial charge in [-0.3, -0.25) is 0 Å². The van der Waals surface area contributed by atoms with E-state index in [9.17, 15) is 12.9 Å². The monoisotopic (exact) mass is 210 g/mol. The zero-order chi connectivity index (χ0) is 9.19. The van der Waals surface area contributed by atoms with Gasteiger partial charge in [0.15, 0.2) is 0 Å². The minimum atomic E-state index is -4.33. The quantitative estimate of drug-likeness (QED) is 0.749. The van der Waals surface area contributed by atoms with Gasteiger partial charge in [0.05, 0.1) is 5.02 Å². The van der Waals surface area contributed by atoms with E-state index in [1.165, 1.54) is 18.2 Å². The fourth-order valence-electron chi connectivity index (χ4n) is 0.681. The Morgan fingerprint density at radius 3 is 2.42 bits per heavy atom. The summed E-state index contributed by atoms with van der Waals surface area (Å²) < 4.78 is 35.8. The Morgan fingerprint density at radius 2 is 1.92 bits per heavy atom. The number of halogens is 2. The Labute approximate surface area is 73.7 Å². The molecule has 0 saturated heterocycles. The minimum Gasteiger partial charge on any atom is -0.191 e. The summed E-state index contributed by atoms with van der Waals surface area (Å²) in [5, 5.41) is -0.0739. The fourth-order valence-corrected chi connectivity index (χ4v) is 1.72. The topological polar surface area (TPSA) is 43.4 Å². The zero-order valence-electron chi connectivity index (χ0n) is 5.70. The second kappa shape index (κ2) is 3.38. The van der Waals surface area contributed by atoms with Gasteiger partial charge in [-0.25, -0.2) is 0 Å². The van der Waals surface area contributed by atoms with E-state index in [0.29, 0.717) is 0 Å². The van der Waals surface area contributed by atoms with Gasteiger partial charge in [0.25, 0.3) is 0 Å². The molecule has 0 N–H and O–H groups in total. The lowest BCUT2D eigenvalue weighted by Crippen LogP contribution is -2.00. The minimum absolute atomic E-state index is 0.0739. The molecular weight excluding hydrogens is 207 g/mol. The van der Waals surface area contributed by atoms with Crippen LogP contribution in [0.3, 0.4) is 0 Å². The third kappa shape index (κ3) is 1.74. The zero-order valence-corrected chi connectivity index (χ0v) is 7.27. The summed E-state index contributed by atoms with van der Waals surface area (Å²) in [4.78, 5) is -0.380. The molecule has 0 heterocycles. The average molecular weight is 211 g/mol. The molecule has 1 aromatic carbocycles. The molecule has 0 atom stereocenters. The van der Waals surface area contributed by atoms with E-state index in [1.807, 2.05) is 0 Å². The van der Waals surface area contributed by atoms with Crippen LogP contribution >= 0.6 is 11.6 Å². The Balaban J connectivity index is 3.30. The molecule has 0 aromatic heterocycles. The van der Waals surface area contributed by atoms with Gasteiger partial charge in [-0.1, -0.05) is 28.1 Å². The highest BCUT2D eigenvalue weighted by Gasteiger charge is 2.18. The van der Waals surface area contributed by atoms with E-state index >= 15 is 0 Å². The highest BCUT2D eigenvalue weighted by Crippen LogP contribution is 2.22. The summed E-state index contributed by atoms with van der Waals surface area (Å²) in [5.41, 5.74) is 0. The summed E-state index contributed by atoms with van der Waals surface area (Å²) in [6.45, 7) is 0. The highest BCUT2D eigenvalue weighted by atomic mass is 35.5. The molecule has 0 aliphatic carbocycles. The van der Waals surface area contributed by atoms with Gasteiger partial charge < -0.3 is 0 Å². The first-order valence-corrected chi connectivity index (χ1v) is 4.66. The van der Waals surface area contributed by atoms with Gasteiger partial charge in [0.2, 0.25) is 0 Å². The lowest BCUT2D eigenvalue weighted by molar-refractivity contribution is 0.00287. The first kappa shape index (κ1) is 9.44. The summed E-state index contributed by atoms with van der Waals surface area (Å²) in [5.74, 6) is 0. The lowest BCUT2D eigenvalue weighted by Gasteiger charge is -1.98. The Hall–Kier alpha value is -0.650. The molecule has 0 radical (unpaired) electrons. The van der Waals surface area contributed by atoms with Crippen molar-refractivity contribution in [1.29, 1.82) is 0 Å². The van der Waals surface area contributed by atoms with Crippen molar-refractivity contribution in [3.05, 3.63) is 29.3 Å². The number of benzene rings is 1. The largest absolute Gasteiger partial charge is 0.328 e. The third-order valence-corrected chi connectivity index (χ3v) is 2.69. The van der Waals surface area contributed by atoms with Crippen molar-refractivity contribution in [2.75, 3.05) is 0 Å². The molecule has 0 amide bonds. The molecule has 0 aliphatic rings. The molecule has 0 bridgehead atoms. The van der Waals surface area contributed by atoms with Crippen LogP contribution in [-0.4, -0.2) is 8.42 Å². The molecule has 0 fully saturated rings. The Kier molecular flexibility index (Phi) is 2.66. The lowest BCUT2D eigenvalue weighted by atomic mass is 10.4. The van der Waals surface area contributed by atoms with Gasteiger partial charge in [-0.2, -0.15) is 8.42 Å². The fraction of sp³-hybridized carbons (Fsp3) is 0. The van der Waals surface area contributed by atoms with Crippen molar-refractivity contribution in [3.8, 4) is 0 Å². The van der Waals surface area contributed by atoms with E-state index < -0.39 is 10.1 Å². The number of rotatable bonds is 2. The van der Waals surface area contributed by atoms with Crippen LogP contribution in [0.2, 0.25) is 5.02 Å². The summed E-state index contributed by atoms with van der Waals surface area (Å²) in [6, 6.07) is 5.42. The first-order chi connectivity index (χ1) is 5.58. The molecule has 66 valence electrons. The number of hydrogen-bond donors (Lipinski definition) is 0. The highest BCUT2D eigenvalue weighted by molar-refractivity contribution is 7.86. The van der Waals surface area contributed by atoms with E-state index in [0.717, 1.165) is 6.07 Å². The molecule has 3 nitrogen and oxygen atoms in total.